The number of carbonyl (C=O) groups excluding carboxylic acids is 1. The number of aryl methyl sites for hydroxylation is 1. The molecule has 0 aromatic carbocycles. The minimum Gasteiger partial charge on any atom is -0.351 e. The molecule has 3 nitrogen and oxygen atoms in total. The minimum atomic E-state index is 0.195. The fraction of sp³-hybridized carbons (Fsp3) is 0.667. The van der Waals surface area contributed by atoms with E-state index in [0.29, 0.717) is 18.9 Å². The zero-order valence-corrected chi connectivity index (χ0v) is 12.5. The molecule has 0 saturated carbocycles. The summed E-state index contributed by atoms with van der Waals surface area (Å²) in [5.41, 5.74) is 1.36. The number of hydrogen-bond acceptors (Lipinski definition) is 3. The Morgan fingerprint density at radius 2 is 2.47 bits per heavy atom. The minimum absolute atomic E-state index is 0.195. The topological polar surface area (TPSA) is 41.1 Å². The van der Waals surface area contributed by atoms with Gasteiger partial charge in [0.25, 0.3) is 0 Å². The first-order valence-electron chi connectivity index (χ1n) is 7.32. The highest BCUT2D eigenvalue weighted by atomic mass is 32.1. The number of carbonyl (C=O) groups is 1. The van der Waals surface area contributed by atoms with Crippen molar-refractivity contribution in [2.75, 3.05) is 13.1 Å². The predicted octanol–water partition coefficient (Wildman–Crippen LogP) is 2.71. The zero-order chi connectivity index (χ0) is 13.5. The van der Waals surface area contributed by atoms with Gasteiger partial charge in [-0.25, -0.2) is 0 Å². The maximum Gasteiger partial charge on any atom is 0.220 e. The van der Waals surface area contributed by atoms with Crippen LogP contribution in [-0.4, -0.2) is 19.0 Å². The Labute approximate surface area is 119 Å². The lowest BCUT2D eigenvalue weighted by molar-refractivity contribution is -0.121. The molecule has 0 aliphatic carbocycles. The standard InChI is InChI=1S/C15H24N2OS/c1-2-13-7-9-19-14(13)11-17-15(18)6-5-12-4-3-8-16-10-12/h7,9,12,16H,2-6,8,10-11H2,1H3,(H,17,18). The van der Waals surface area contributed by atoms with Crippen LogP contribution in [0, 0.1) is 5.92 Å². The van der Waals surface area contributed by atoms with Gasteiger partial charge in [-0.3, -0.25) is 4.79 Å². The summed E-state index contributed by atoms with van der Waals surface area (Å²) in [5, 5.41) is 8.55. The van der Waals surface area contributed by atoms with Crippen LogP contribution in [-0.2, 0) is 17.8 Å². The summed E-state index contributed by atoms with van der Waals surface area (Å²) in [5.74, 6) is 0.883. The summed E-state index contributed by atoms with van der Waals surface area (Å²) in [6.07, 6.45) is 5.25. The molecule has 1 aromatic rings. The molecule has 2 rings (SSSR count). The van der Waals surface area contributed by atoms with Gasteiger partial charge in [0, 0.05) is 11.3 Å². The van der Waals surface area contributed by atoms with E-state index in [2.05, 4.69) is 29.0 Å². The first kappa shape index (κ1) is 14.5. The van der Waals surface area contributed by atoms with Crippen LogP contribution in [0.25, 0.3) is 0 Å². The van der Waals surface area contributed by atoms with Crippen molar-refractivity contribution in [1.29, 1.82) is 0 Å². The molecule has 1 aromatic heterocycles. The molecule has 0 spiro atoms. The molecule has 0 radical (unpaired) electrons. The van der Waals surface area contributed by atoms with Crippen LogP contribution < -0.4 is 10.6 Å². The number of nitrogens with one attached hydrogen (secondary N) is 2. The summed E-state index contributed by atoms with van der Waals surface area (Å²) >= 11 is 1.74. The Bertz CT molecular complexity index is 397. The highest BCUT2D eigenvalue weighted by molar-refractivity contribution is 7.10. The second-order valence-electron chi connectivity index (χ2n) is 5.25. The normalized spacial score (nSPS) is 19.3. The largest absolute Gasteiger partial charge is 0.351 e. The fourth-order valence-corrected chi connectivity index (χ4v) is 3.53. The third-order valence-corrected chi connectivity index (χ3v) is 4.81. The highest BCUT2D eigenvalue weighted by Gasteiger charge is 2.14. The molecule has 1 amide bonds. The van der Waals surface area contributed by atoms with Crippen LogP contribution in [0.1, 0.15) is 43.0 Å². The van der Waals surface area contributed by atoms with Gasteiger partial charge >= 0.3 is 0 Å². The van der Waals surface area contributed by atoms with E-state index in [1.165, 1.54) is 23.3 Å². The first-order valence-corrected chi connectivity index (χ1v) is 8.20. The summed E-state index contributed by atoms with van der Waals surface area (Å²) in [6, 6.07) is 2.15. The van der Waals surface area contributed by atoms with Crippen LogP contribution >= 0.6 is 11.3 Å². The third kappa shape index (κ3) is 4.62. The lowest BCUT2D eigenvalue weighted by Crippen LogP contribution is -2.31. The molecule has 1 aliphatic heterocycles. The Kier molecular flexibility index (Phi) is 5.86. The van der Waals surface area contributed by atoms with Gasteiger partial charge in [0.1, 0.15) is 0 Å². The first-order chi connectivity index (χ1) is 9.29. The van der Waals surface area contributed by atoms with Crippen molar-refractivity contribution >= 4 is 17.2 Å². The third-order valence-electron chi connectivity index (χ3n) is 3.84. The Morgan fingerprint density at radius 3 is 3.21 bits per heavy atom. The van der Waals surface area contributed by atoms with Gasteiger partial charge < -0.3 is 10.6 Å². The monoisotopic (exact) mass is 280 g/mol. The van der Waals surface area contributed by atoms with E-state index in [-0.39, 0.29) is 5.91 Å². The molecule has 19 heavy (non-hydrogen) atoms. The highest BCUT2D eigenvalue weighted by Crippen LogP contribution is 2.18. The van der Waals surface area contributed by atoms with E-state index in [0.717, 1.165) is 25.9 Å². The lowest BCUT2D eigenvalue weighted by atomic mass is 9.94. The molecular formula is C15H24N2OS. The van der Waals surface area contributed by atoms with Crippen LogP contribution in [0.15, 0.2) is 11.4 Å². The average Bonchev–Trinajstić information content (AvgIpc) is 2.91. The maximum absolute atomic E-state index is 11.9. The van der Waals surface area contributed by atoms with Crippen LogP contribution in [0.5, 0.6) is 0 Å². The van der Waals surface area contributed by atoms with Crippen molar-refractivity contribution in [3.05, 3.63) is 21.9 Å². The van der Waals surface area contributed by atoms with E-state index in [4.69, 9.17) is 0 Å². The zero-order valence-electron chi connectivity index (χ0n) is 11.7. The van der Waals surface area contributed by atoms with Gasteiger partial charge in [0.2, 0.25) is 5.91 Å². The number of rotatable bonds is 6. The summed E-state index contributed by atoms with van der Waals surface area (Å²) in [4.78, 5) is 13.2. The Morgan fingerprint density at radius 1 is 1.58 bits per heavy atom. The fourth-order valence-electron chi connectivity index (χ4n) is 2.61. The summed E-state index contributed by atoms with van der Waals surface area (Å²) < 4.78 is 0. The summed E-state index contributed by atoms with van der Waals surface area (Å²) in [7, 11) is 0. The van der Waals surface area contributed by atoms with Gasteiger partial charge in [-0.15, -0.1) is 11.3 Å². The molecule has 4 heteroatoms. The quantitative estimate of drug-likeness (QED) is 0.841. The molecule has 1 saturated heterocycles. The van der Waals surface area contributed by atoms with E-state index >= 15 is 0 Å². The van der Waals surface area contributed by atoms with Crippen molar-refractivity contribution in [2.24, 2.45) is 5.92 Å². The van der Waals surface area contributed by atoms with E-state index in [9.17, 15) is 4.79 Å². The van der Waals surface area contributed by atoms with Crippen LogP contribution in [0.4, 0.5) is 0 Å². The maximum atomic E-state index is 11.9. The smallest absolute Gasteiger partial charge is 0.220 e. The van der Waals surface area contributed by atoms with E-state index < -0.39 is 0 Å². The molecule has 1 aliphatic rings. The molecule has 2 N–H and O–H groups in total. The van der Waals surface area contributed by atoms with Crippen molar-refractivity contribution in [2.45, 2.75) is 45.6 Å². The van der Waals surface area contributed by atoms with E-state index in [1.54, 1.807) is 11.3 Å². The van der Waals surface area contributed by atoms with Crippen LogP contribution in [0.2, 0.25) is 0 Å². The average molecular weight is 280 g/mol. The van der Waals surface area contributed by atoms with Gasteiger partial charge in [-0.05, 0) is 61.7 Å². The molecule has 0 bridgehead atoms. The molecule has 2 heterocycles. The second kappa shape index (κ2) is 7.65. The van der Waals surface area contributed by atoms with Crippen molar-refractivity contribution in [1.82, 2.24) is 10.6 Å². The number of thiophene rings is 1. The SMILES string of the molecule is CCc1ccsc1CNC(=O)CCC1CCCNC1. The van der Waals surface area contributed by atoms with Crippen LogP contribution in [0.3, 0.4) is 0 Å². The van der Waals surface area contributed by atoms with Gasteiger partial charge in [-0.1, -0.05) is 6.92 Å². The van der Waals surface area contributed by atoms with Gasteiger partial charge in [-0.2, -0.15) is 0 Å². The number of piperidine rings is 1. The lowest BCUT2D eigenvalue weighted by Gasteiger charge is -2.22. The molecule has 106 valence electrons. The number of hydrogen-bond donors (Lipinski definition) is 2. The Balaban J connectivity index is 1.66. The van der Waals surface area contributed by atoms with E-state index in [1.807, 2.05) is 0 Å². The summed E-state index contributed by atoms with van der Waals surface area (Å²) in [6.45, 7) is 5.07. The number of amides is 1. The van der Waals surface area contributed by atoms with Crippen molar-refractivity contribution < 1.29 is 4.79 Å². The Hall–Kier alpha value is -0.870. The molecule has 1 atom stereocenters. The molecule has 1 unspecified atom stereocenters. The van der Waals surface area contributed by atoms with Crippen molar-refractivity contribution in [3.63, 3.8) is 0 Å². The van der Waals surface area contributed by atoms with Gasteiger partial charge in [0.15, 0.2) is 0 Å². The van der Waals surface area contributed by atoms with Crippen molar-refractivity contribution in [3.8, 4) is 0 Å². The van der Waals surface area contributed by atoms with Gasteiger partial charge in [0.05, 0.1) is 6.54 Å². The predicted molar refractivity (Wildman–Crippen MR) is 80.4 cm³/mol. The molecule has 1 fully saturated rings. The second-order valence-corrected chi connectivity index (χ2v) is 6.25. The molecular weight excluding hydrogens is 256 g/mol.